The highest BCUT2D eigenvalue weighted by molar-refractivity contribution is 5.84. The van der Waals surface area contributed by atoms with E-state index in [4.69, 9.17) is 4.74 Å². The van der Waals surface area contributed by atoms with E-state index in [1.54, 1.807) is 6.08 Å². The second-order valence-electron chi connectivity index (χ2n) is 7.04. The van der Waals surface area contributed by atoms with Gasteiger partial charge in [-0.15, -0.1) is 0 Å². The molecular weight excluding hydrogens is 339 g/mol. The molecule has 27 heavy (non-hydrogen) atoms. The molecule has 3 rings (SSSR count). The average Bonchev–Trinajstić information content (AvgIpc) is 2.66. The van der Waals surface area contributed by atoms with E-state index in [1.165, 1.54) is 18.1 Å². The molecule has 3 nitrogen and oxygen atoms in total. The van der Waals surface area contributed by atoms with Crippen molar-refractivity contribution in [1.29, 1.82) is 0 Å². The molecule has 0 saturated carbocycles. The molecule has 0 fully saturated rings. The Balaban J connectivity index is 2.12. The maximum atomic E-state index is 13.9. The molecule has 0 aromatic heterocycles. The summed E-state index contributed by atoms with van der Waals surface area (Å²) in [4.78, 5) is 0. The minimum Gasteiger partial charge on any atom is -0.458 e. The Morgan fingerprint density at radius 1 is 1.37 bits per heavy atom. The minimum absolute atomic E-state index is 0.356. The van der Waals surface area contributed by atoms with Crippen LogP contribution in [0.25, 0.3) is 17.2 Å². The molecule has 1 aliphatic rings. The summed E-state index contributed by atoms with van der Waals surface area (Å²) in [6.07, 6.45) is 2.34. The lowest BCUT2D eigenvalue weighted by atomic mass is 9.91. The average molecular weight is 368 g/mol. The van der Waals surface area contributed by atoms with Crippen molar-refractivity contribution in [3.63, 3.8) is 0 Å². The normalized spacial score (nSPS) is 17.1. The van der Waals surface area contributed by atoms with E-state index in [9.17, 15) is 4.39 Å². The zero-order valence-corrected chi connectivity index (χ0v) is 16.4. The summed E-state index contributed by atoms with van der Waals surface area (Å²) in [6.45, 7) is 11.3. The van der Waals surface area contributed by atoms with Crippen LogP contribution in [0, 0.1) is 0 Å². The summed E-state index contributed by atoms with van der Waals surface area (Å²) in [5.74, 6) is 0.554. The summed E-state index contributed by atoms with van der Waals surface area (Å²) in [5.41, 5.74) is 6.35. The number of hydrogen-bond acceptors (Lipinski definition) is 3. The Morgan fingerprint density at radius 3 is 2.89 bits per heavy atom. The summed E-state index contributed by atoms with van der Waals surface area (Å²) < 4.78 is 19.5. The zero-order chi connectivity index (χ0) is 19.4. The standard InChI is InChI=1S/C23H29FN2O/c1-5-12-26-22-17(6-2)7-10-21(23(22)27-16(4)24)18-8-9-20-15(3)25-13-11-19(20)14-18/h6-10,14-16,25-26H,2,5,11-13H2,1,3-4H3. The molecule has 0 bridgehead atoms. The molecule has 2 aromatic carbocycles. The first-order chi connectivity index (χ1) is 13.0. The number of alkyl halides is 1. The van der Waals surface area contributed by atoms with E-state index in [0.29, 0.717) is 11.8 Å². The number of nitrogens with one attached hydrogen (secondary N) is 2. The van der Waals surface area contributed by atoms with Gasteiger partial charge in [0.05, 0.1) is 5.69 Å². The molecule has 2 unspecified atom stereocenters. The maximum Gasteiger partial charge on any atom is 0.235 e. The molecule has 1 heterocycles. The molecule has 0 radical (unpaired) electrons. The third-order valence-corrected chi connectivity index (χ3v) is 5.01. The van der Waals surface area contributed by atoms with Gasteiger partial charge in [0, 0.05) is 30.6 Å². The molecule has 2 atom stereocenters. The van der Waals surface area contributed by atoms with Crippen LogP contribution in [-0.4, -0.2) is 19.4 Å². The number of hydrogen-bond donors (Lipinski definition) is 2. The summed E-state index contributed by atoms with van der Waals surface area (Å²) in [5, 5.41) is 6.88. The van der Waals surface area contributed by atoms with Crippen LogP contribution < -0.4 is 15.4 Å². The van der Waals surface area contributed by atoms with Crippen LogP contribution in [0.5, 0.6) is 5.75 Å². The van der Waals surface area contributed by atoms with Gasteiger partial charge in [-0.25, -0.2) is 4.39 Å². The fraction of sp³-hybridized carbons (Fsp3) is 0.391. The first kappa shape index (κ1) is 19.4. The molecule has 0 spiro atoms. The smallest absolute Gasteiger partial charge is 0.235 e. The number of rotatable bonds is 7. The predicted molar refractivity (Wildman–Crippen MR) is 112 cm³/mol. The van der Waals surface area contributed by atoms with Gasteiger partial charge in [0.25, 0.3) is 0 Å². The van der Waals surface area contributed by atoms with Crippen LogP contribution in [0.4, 0.5) is 10.1 Å². The van der Waals surface area contributed by atoms with Crippen molar-refractivity contribution in [3.8, 4) is 16.9 Å². The van der Waals surface area contributed by atoms with Crippen LogP contribution in [0.15, 0.2) is 36.9 Å². The van der Waals surface area contributed by atoms with Crippen LogP contribution in [0.3, 0.4) is 0 Å². The van der Waals surface area contributed by atoms with Crippen LogP contribution in [0.2, 0.25) is 0 Å². The number of anilines is 1. The van der Waals surface area contributed by atoms with Gasteiger partial charge >= 0.3 is 0 Å². The largest absolute Gasteiger partial charge is 0.458 e. The summed E-state index contributed by atoms with van der Waals surface area (Å²) in [6, 6.07) is 10.9. The minimum atomic E-state index is -1.40. The topological polar surface area (TPSA) is 33.3 Å². The van der Waals surface area contributed by atoms with Crippen molar-refractivity contribution in [2.24, 2.45) is 0 Å². The maximum absolute atomic E-state index is 13.9. The Kier molecular flexibility index (Phi) is 6.17. The fourth-order valence-corrected chi connectivity index (χ4v) is 3.66. The van der Waals surface area contributed by atoms with Gasteiger partial charge < -0.3 is 15.4 Å². The lowest BCUT2D eigenvalue weighted by Crippen LogP contribution is -2.27. The molecule has 0 saturated heterocycles. The van der Waals surface area contributed by atoms with Crippen molar-refractivity contribution in [2.75, 3.05) is 18.4 Å². The first-order valence-electron chi connectivity index (χ1n) is 9.75. The molecule has 1 aliphatic heterocycles. The van der Waals surface area contributed by atoms with Crippen molar-refractivity contribution in [2.45, 2.75) is 46.0 Å². The van der Waals surface area contributed by atoms with Gasteiger partial charge in [0.1, 0.15) is 0 Å². The highest BCUT2D eigenvalue weighted by Gasteiger charge is 2.20. The molecule has 2 N–H and O–H groups in total. The van der Waals surface area contributed by atoms with Crippen molar-refractivity contribution in [1.82, 2.24) is 5.32 Å². The third-order valence-electron chi connectivity index (χ3n) is 5.01. The molecule has 144 valence electrons. The Bertz CT molecular complexity index is 816. The number of fused-ring (bicyclic) bond motifs is 1. The van der Waals surface area contributed by atoms with Crippen molar-refractivity contribution < 1.29 is 9.13 Å². The highest BCUT2D eigenvalue weighted by atomic mass is 19.1. The first-order valence-corrected chi connectivity index (χ1v) is 9.75. The predicted octanol–water partition coefficient (Wildman–Crippen LogP) is 5.72. The van der Waals surface area contributed by atoms with Crippen LogP contribution >= 0.6 is 0 Å². The second kappa shape index (κ2) is 8.57. The monoisotopic (exact) mass is 368 g/mol. The summed E-state index contributed by atoms with van der Waals surface area (Å²) in [7, 11) is 0. The van der Waals surface area contributed by atoms with Gasteiger partial charge in [-0.05, 0) is 49.1 Å². The quantitative estimate of drug-likeness (QED) is 0.656. The fourth-order valence-electron chi connectivity index (χ4n) is 3.66. The van der Waals surface area contributed by atoms with Gasteiger partial charge in [0.15, 0.2) is 5.75 Å². The summed E-state index contributed by atoms with van der Waals surface area (Å²) >= 11 is 0. The van der Waals surface area contributed by atoms with E-state index in [0.717, 1.165) is 48.3 Å². The van der Waals surface area contributed by atoms with Crippen LogP contribution in [0.1, 0.15) is 49.9 Å². The SMILES string of the molecule is C=Cc1ccc(-c2ccc3c(c2)CCNC3C)c(OC(C)F)c1NCCC. The van der Waals surface area contributed by atoms with Crippen molar-refractivity contribution in [3.05, 3.63) is 53.6 Å². The van der Waals surface area contributed by atoms with E-state index < -0.39 is 6.36 Å². The van der Waals surface area contributed by atoms with Gasteiger partial charge in [-0.3, -0.25) is 0 Å². The van der Waals surface area contributed by atoms with Crippen LogP contribution in [-0.2, 0) is 6.42 Å². The molecule has 4 heteroatoms. The number of benzene rings is 2. The van der Waals surface area contributed by atoms with Crippen molar-refractivity contribution >= 4 is 11.8 Å². The third kappa shape index (κ3) is 4.16. The molecule has 0 amide bonds. The van der Waals surface area contributed by atoms with Gasteiger partial charge in [-0.1, -0.05) is 43.8 Å². The number of ether oxygens (including phenoxy) is 1. The lowest BCUT2D eigenvalue weighted by Gasteiger charge is -2.25. The Morgan fingerprint density at radius 2 is 2.19 bits per heavy atom. The Hall–Kier alpha value is -2.33. The van der Waals surface area contributed by atoms with Gasteiger partial charge in [-0.2, -0.15) is 0 Å². The number of halogens is 1. The van der Waals surface area contributed by atoms with E-state index in [-0.39, 0.29) is 0 Å². The van der Waals surface area contributed by atoms with E-state index in [1.807, 2.05) is 12.1 Å². The molecule has 2 aromatic rings. The van der Waals surface area contributed by atoms with Gasteiger partial charge in [0.2, 0.25) is 6.36 Å². The Labute approximate surface area is 161 Å². The zero-order valence-electron chi connectivity index (χ0n) is 16.4. The highest BCUT2D eigenvalue weighted by Crippen LogP contribution is 2.41. The second-order valence-corrected chi connectivity index (χ2v) is 7.04. The lowest BCUT2D eigenvalue weighted by molar-refractivity contribution is 0.0874. The van der Waals surface area contributed by atoms with E-state index in [2.05, 4.69) is 49.3 Å². The molecular formula is C23H29FN2O. The van der Waals surface area contributed by atoms with E-state index >= 15 is 0 Å². The molecule has 0 aliphatic carbocycles.